The van der Waals surface area contributed by atoms with E-state index < -0.39 is 11.9 Å². The number of esters is 1. The van der Waals surface area contributed by atoms with Crippen molar-refractivity contribution in [2.45, 2.75) is 27.2 Å². The monoisotopic (exact) mass is 377 g/mol. The van der Waals surface area contributed by atoms with Gasteiger partial charge in [0.25, 0.3) is 5.91 Å². The van der Waals surface area contributed by atoms with E-state index >= 15 is 0 Å². The van der Waals surface area contributed by atoms with E-state index in [1.807, 2.05) is 38.1 Å². The summed E-state index contributed by atoms with van der Waals surface area (Å²) in [6.07, 6.45) is 2.12. The maximum Gasteiger partial charge on any atom is 0.338 e. The Bertz CT molecular complexity index is 925. The molecule has 6 heteroatoms. The maximum atomic E-state index is 12.5. The second kappa shape index (κ2) is 9.93. The number of hydrogen-bond donors (Lipinski definition) is 2. The Labute approximate surface area is 164 Å². The molecule has 1 amide bonds. The van der Waals surface area contributed by atoms with Gasteiger partial charge in [0.15, 0.2) is 0 Å². The van der Waals surface area contributed by atoms with Gasteiger partial charge in [0, 0.05) is 17.6 Å². The lowest BCUT2D eigenvalue weighted by Gasteiger charge is -2.12. The number of ether oxygens (including phenoxy) is 1. The summed E-state index contributed by atoms with van der Waals surface area (Å²) >= 11 is 0. The van der Waals surface area contributed by atoms with E-state index in [0.29, 0.717) is 17.9 Å². The van der Waals surface area contributed by atoms with Crippen LogP contribution < -0.4 is 10.6 Å². The average Bonchev–Trinajstić information content (AvgIpc) is 2.70. The molecule has 0 spiro atoms. The lowest BCUT2D eigenvalue weighted by atomic mass is 10.1. The molecule has 0 aliphatic carbocycles. The highest BCUT2D eigenvalue weighted by molar-refractivity contribution is 6.07. The van der Waals surface area contributed by atoms with Crippen molar-refractivity contribution in [2.24, 2.45) is 0 Å². The molecule has 0 aromatic heterocycles. The third-order valence-corrected chi connectivity index (χ3v) is 4.12. The number of hydrogen-bond acceptors (Lipinski definition) is 5. The molecule has 2 aromatic carbocycles. The largest absolute Gasteiger partial charge is 0.462 e. The number of para-hydroxylation sites is 1. The summed E-state index contributed by atoms with van der Waals surface area (Å²) < 4.78 is 4.93. The number of benzene rings is 2. The molecule has 6 nitrogen and oxygen atoms in total. The van der Waals surface area contributed by atoms with Gasteiger partial charge in [-0.05, 0) is 55.7 Å². The minimum atomic E-state index is -0.484. The Kier molecular flexibility index (Phi) is 7.35. The van der Waals surface area contributed by atoms with Crippen LogP contribution in [0, 0.1) is 18.3 Å². The highest BCUT2D eigenvalue weighted by atomic mass is 16.5. The first-order valence-corrected chi connectivity index (χ1v) is 9.04. The number of anilines is 2. The van der Waals surface area contributed by atoms with E-state index in [0.717, 1.165) is 23.2 Å². The summed E-state index contributed by atoms with van der Waals surface area (Å²) in [4.78, 5) is 24.2. The summed E-state index contributed by atoms with van der Waals surface area (Å²) in [6, 6.07) is 14.3. The fourth-order valence-corrected chi connectivity index (χ4v) is 2.60. The number of nitrogens with one attached hydrogen (secondary N) is 2. The van der Waals surface area contributed by atoms with Crippen molar-refractivity contribution < 1.29 is 14.3 Å². The summed E-state index contributed by atoms with van der Waals surface area (Å²) in [5.74, 6) is -0.881. The zero-order valence-electron chi connectivity index (χ0n) is 16.2. The average molecular weight is 377 g/mol. The normalized spacial score (nSPS) is 10.7. The summed E-state index contributed by atoms with van der Waals surface area (Å²) in [6.45, 7) is 5.97. The predicted molar refractivity (Wildman–Crippen MR) is 109 cm³/mol. The standard InChI is InChI=1S/C22H23N3O3/c1-4-16-8-6-7-15(3)20(16)25-21(26)18(13-23)14-24-19-11-9-17(10-12-19)22(27)28-5-2/h6-12,14,24H,4-5H2,1-3H3,(H,25,26)/b18-14-. The third kappa shape index (κ3) is 5.21. The molecule has 2 N–H and O–H groups in total. The van der Waals surface area contributed by atoms with Crippen LogP contribution in [0.5, 0.6) is 0 Å². The zero-order valence-corrected chi connectivity index (χ0v) is 16.2. The number of rotatable bonds is 7. The fraction of sp³-hybridized carbons (Fsp3) is 0.227. The van der Waals surface area contributed by atoms with Crippen LogP contribution >= 0.6 is 0 Å². The second-order valence-electron chi connectivity index (χ2n) is 6.03. The van der Waals surface area contributed by atoms with Crippen molar-refractivity contribution in [2.75, 3.05) is 17.2 Å². The van der Waals surface area contributed by atoms with Crippen LogP contribution in [0.1, 0.15) is 35.3 Å². The molecule has 144 valence electrons. The van der Waals surface area contributed by atoms with Crippen molar-refractivity contribution in [1.29, 1.82) is 5.26 Å². The van der Waals surface area contributed by atoms with Gasteiger partial charge < -0.3 is 15.4 Å². The van der Waals surface area contributed by atoms with Crippen LogP contribution in [0.15, 0.2) is 54.2 Å². The van der Waals surface area contributed by atoms with Gasteiger partial charge in [-0.15, -0.1) is 0 Å². The van der Waals surface area contributed by atoms with E-state index in [2.05, 4.69) is 10.6 Å². The molecular formula is C22H23N3O3. The Balaban J connectivity index is 2.11. The molecule has 0 saturated carbocycles. The number of nitrogens with zero attached hydrogens (tertiary/aromatic N) is 1. The quantitative estimate of drug-likeness (QED) is 0.429. The second-order valence-corrected chi connectivity index (χ2v) is 6.03. The van der Waals surface area contributed by atoms with E-state index in [1.54, 1.807) is 31.2 Å². The summed E-state index contributed by atoms with van der Waals surface area (Å²) in [5, 5.41) is 15.1. The molecule has 0 unspecified atom stereocenters. The van der Waals surface area contributed by atoms with E-state index in [1.165, 1.54) is 6.20 Å². The highest BCUT2D eigenvalue weighted by Crippen LogP contribution is 2.21. The molecule has 0 heterocycles. The van der Waals surface area contributed by atoms with E-state index in [9.17, 15) is 14.9 Å². The molecule has 0 atom stereocenters. The van der Waals surface area contributed by atoms with Crippen LogP contribution in [0.4, 0.5) is 11.4 Å². The predicted octanol–water partition coefficient (Wildman–Crippen LogP) is 4.19. The Hall–Kier alpha value is -3.59. The van der Waals surface area contributed by atoms with E-state index in [4.69, 9.17) is 4.74 Å². The van der Waals surface area contributed by atoms with Gasteiger partial charge >= 0.3 is 5.97 Å². The minimum Gasteiger partial charge on any atom is -0.462 e. The van der Waals surface area contributed by atoms with Gasteiger partial charge in [-0.2, -0.15) is 5.26 Å². The number of amides is 1. The van der Waals surface area contributed by atoms with E-state index in [-0.39, 0.29) is 5.57 Å². The minimum absolute atomic E-state index is 0.0558. The number of carbonyl (C=O) groups is 2. The lowest BCUT2D eigenvalue weighted by molar-refractivity contribution is -0.112. The third-order valence-electron chi connectivity index (χ3n) is 4.12. The molecule has 0 bridgehead atoms. The molecule has 0 fully saturated rings. The Morgan fingerprint density at radius 1 is 1.14 bits per heavy atom. The molecule has 0 aliphatic rings. The number of aryl methyl sites for hydroxylation is 2. The first-order chi connectivity index (χ1) is 13.5. The van der Waals surface area contributed by atoms with Crippen molar-refractivity contribution >= 4 is 23.3 Å². The van der Waals surface area contributed by atoms with Crippen LogP contribution in [-0.2, 0) is 16.0 Å². The smallest absolute Gasteiger partial charge is 0.338 e. The first-order valence-electron chi connectivity index (χ1n) is 9.04. The molecule has 2 rings (SSSR count). The molecule has 0 aliphatic heterocycles. The lowest BCUT2D eigenvalue weighted by Crippen LogP contribution is -2.16. The zero-order chi connectivity index (χ0) is 20.5. The maximum absolute atomic E-state index is 12.5. The molecule has 0 saturated heterocycles. The highest BCUT2D eigenvalue weighted by Gasteiger charge is 2.13. The van der Waals surface area contributed by atoms with Gasteiger partial charge in [0.1, 0.15) is 11.6 Å². The molecule has 28 heavy (non-hydrogen) atoms. The Morgan fingerprint density at radius 2 is 1.86 bits per heavy atom. The SMILES string of the molecule is CCOC(=O)c1ccc(N/C=C(/C#N)C(=O)Nc2c(C)cccc2CC)cc1. The molecular weight excluding hydrogens is 354 g/mol. The van der Waals surface area contributed by atoms with Gasteiger partial charge in [-0.25, -0.2) is 4.79 Å². The first kappa shape index (κ1) is 20.7. The number of nitriles is 1. The molecule has 2 aromatic rings. The summed E-state index contributed by atoms with van der Waals surface area (Å²) in [5.41, 5.74) is 3.69. The topological polar surface area (TPSA) is 91.2 Å². The van der Waals surface area contributed by atoms with Crippen LogP contribution in [0.2, 0.25) is 0 Å². The Morgan fingerprint density at radius 3 is 2.46 bits per heavy atom. The van der Waals surface area contributed by atoms with Crippen molar-refractivity contribution in [3.63, 3.8) is 0 Å². The van der Waals surface area contributed by atoms with Crippen LogP contribution in [0.25, 0.3) is 0 Å². The van der Waals surface area contributed by atoms with Crippen LogP contribution in [-0.4, -0.2) is 18.5 Å². The van der Waals surface area contributed by atoms with Crippen molar-refractivity contribution in [3.05, 3.63) is 70.9 Å². The van der Waals surface area contributed by atoms with Gasteiger partial charge in [0.2, 0.25) is 0 Å². The van der Waals surface area contributed by atoms with Crippen molar-refractivity contribution in [1.82, 2.24) is 0 Å². The number of carbonyl (C=O) groups excluding carboxylic acids is 2. The van der Waals surface area contributed by atoms with Gasteiger partial charge in [-0.1, -0.05) is 25.1 Å². The van der Waals surface area contributed by atoms with Gasteiger partial charge in [-0.3, -0.25) is 4.79 Å². The molecule has 0 radical (unpaired) electrons. The van der Waals surface area contributed by atoms with Gasteiger partial charge in [0.05, 0.1) is 12.2 Å². The van der Waals surface area contributed by atoms with Crippen LogP contribution in [0.3, 0.4) is 0 Å². The fourth-order valence-electron chi connectivity index (χ4n) is 2.60. The summed E-state index contributed by atoms with van der Waals surface area (Å²) in [7, 11) is 0. The van der Waals surface area contributed by atoms with Crippen molar-refractivity contribution in [3.8, 4) is 6.07 Å².